The summed E-state index contributed by atoms with van der Waals surface area (Å²) in [6, 6.07) is 45.0. The van der Waals surface area contributed by atoms with Gasteiger partial charge in [0.25, 0.3) is 0 Å². The highest BCUT2D eigenvalue weighted by Gasteiger charge is 2.48. The van der Waals surface area contributed by atoms with E-state index in [0.717, 1.165) is 27.8 Å². The molecule has 0 amide bonds. The van der Waals surface area contributed by atoms with Gasteiger partial charge in [-0.3, -0.25) is 0 Å². The van der Waals surface area contributed by atoms with Crippen LogP contribution in [0, 0.1) is 6.92 Å². The van der Waals surface area contributed by atoms with E-state index < -0.39 is 5.41 Å². The maximum Gasteiger partial charge on any atom is 0.162 e. The summed E-state index contributed by atoms with van der Waals surface area (Å²) in [4.78, 5) is 0. The van der Waals surface area contributed by atoms with Gasteiger partial charge in [0.2, 0.25) is 0 Å². The Morgan fingerprint density at radius 1 is 0.514 bits per heavy atom. The van der Waals surface area contributed by atoms with Crippen molar-refractivity contribution in [3.63, 3.8) is 0 Å². The minimum Gasteiger partial charge on any atom is -0.504 e. The van der Waals surface area contributed by atoms with Crippen molar-refractivity contribution >= 4 is 0 Å². The molecule has 0 heterocycles. The molecule has 172 valence electrons. The number of hydrogen-bond donors (Lipinski definition) is 2. The summed E-state index contributed by atoms with van der Waals surface area (Å²) in [5.41, 5.74) is 5.08. The van der Waals surface area contributed by atoms with Gasteiger partial charge in [-0.15, -0.1) is 0 Å². The maximum absolute atomic E-state index is 11.5. The third-order valence-electron chi connectivity index (χ3n) is 6.92. The summed E-state index contributed by atoms with van der Waals surface area (Å²) in [5, 5.41) is 22.3. The molecule has 0 spiro atoms. The topological polar surface area (TPSA) is 40.5 Å². The highest BCUT2D eigenvalue weighted by Crippen LogP contribution is 2.56. The Morgan fingerprint density at radius 2 is 0.914 bits per heavy atom. The van der Waals surface area contributed by atoms with Crippen LogP contribution >= 0.6 is 0 Å². The fourth-order valence-corrected chi connectivity index (χ4v) is 5.50. The average Bonchev–Trinajstić information content (AvgIpc) is 2.92. The van der Waals surface area contributed by atoms with Crippen LogP contribution in [0.15, 0.2) is 133 Å². The molecule has 0 aliphatic heterocycles. The lowest BCUT2D eigenvalue weighted by Crippen LogP contribution is -2.38. The van der Waals surface area contributed by atoms with Crippen LogP contribution in [0.1, 0.15) is 39.3 Å². The molecule has 0 atom stereocenters. The zero-order valence-electron chi connectivity index (χ0n) is 19.7. The molecular formula is C33H28O2. The van der Waals surface area contributed by atoms with Crippen molar-refractivity contribution in [1.82, 2.24) is 0 Å². The van der Waals surface area contributed by atoms with Crippen molar-refractivity contribution in [2.24, 2.45) is 0 Å². The zero-order chi connectivity index (χ0) is 24.3. The van der Waals surface area contributed by atoms with Crippen LogP contribution in [0.5, 0.6) is 11.5 Å². The Morgan fingerprint density at radius 3 is 1.34 bits per heavy atom. The smallest absolute Gasteiger partial charge is 0.162 e. The quantitative estimate of drug-likeness (QED) is 0.204. The van der Waals surface area contributed by atoms with Gasteiger partial charge in [0, 0.05) is 11.5 Å². The zero-order valence-corrected chi connectivity index (χ0v) is 19.7. The van der Waals surface area contributed by atoms with Gasteiger partial charge in [-0.05, 0) is 40.8 Å². The SMILES string of the molecule is Cc1ccc(O)c(O)c1C(c1ccccc1)(c1ccccc1)C(c1ccccc1)c1ccccc1. The van der Waals surface area contributed by atoms with E-state index in [0.29, 0.717) is 5.56 Å². The number of aryl methyl sites for hydroxylation is 1. The van der Waals surface area contributed by atoms with Crippen molar-refractivity contribution in [2.75, 3.05) is 0 Å². The van der Waals surface area contributed by atoms with E-state index in [1.807, 2.05) is 61.5 Å². The monoisotopic (exact) mass is 456 g/mol. The second-order valence-electron chi connectivity index (χ2n) is 8.92. The Hall–Kier alpha value is -4.30. The van der Waals surface area contributed by atoms with Crippen LogP contribution in [0.3, 0.4) is 0 Å². The van der Waals surface area contributed by atoms with Crippen molar-refractivity contribution in [3.05, 3.63) is 167 Å². The Bertz CT molecular complexity index is 1320. The predicted molar refractivity (Wildman–Crippen MR) is 142 cm³/mol. The Balaban J connectivity index is 2.02. The van der Waals surface area contributed by atoms with Crippen molar-refractivity contribution in [3.8, 4) is 11.5 Å². The van der Waals surface area contributed by atoms with Crippen LogP contribution < -0.4 is 0 Å². The standard InChI is InChI=1S/C33H28O2/c1-24-22-23-29(34)32(35)30(24)33(27-18-10-4-11-19-27,28-20-12-5-13-21-28)31(25-14-6-2-7-15-25)26-16-8-3-9-17-26/h2-23,31,34-35H,1H3. The first-order valence-corrected chi connectivity index (χ1v) is 11.9. The van der Waals surface area contributed by atoms with Gasteiger partial charge in [-0.1, -0.05) is 127 Å². The number of phenolic OH excluding ortho intramolecular Hbond substituents is 2. The first kappa shape index (κ1) is 22.5. The second-order valence-corrected chi connectivity index (χ2v) is 8.92. The van der Waals surface area contributed by atoms with Gasteiger partial charge in [0.05, 0.1) is 5.41 Å². The molecule has 2 heteroatoms. The first-order valence-electron chi connectivity index (χ1n) is 11.9. The normalized spacial score (nSPS) is 11.5. The molecule has 5 aromatic rings. The van der Waals surface area contributed by atoms with Gasteiger partial charge in [0.1, 0.15) is 0 Å². The fourth-order valence-electron chi connectivity index (χ4n) is 5.50. The molecule has 5 rings (SSSR count). The van der Waals surface area contributed by atoms with E-state index in [-0.39, 0.29) is 17.4 Å². The van der Waals surface area contributed by atoms with E-state index in [4.69, 9.17) is 0 Å². The molecule has 2 nitrogen and oxygen atoms in total. The summed E-state index contributed by atoms with van der Waals surface area (Å²) < 4.78 is 0. The summed E-state index contributed by atoms with van der Waals surface area (Å²) in [5.74, 6) is -0.405. The lowest BCUT2D eigenvalue weighted by atomic mass is 9.57. The van der Waals surface area contributed by atoms with Gasteiger partial charge >= 0.3 is 0 Å². The number of aromatic hydroxyl groups is 2. The number of benzene rings is 5. The minimum atomic E-state index is -0.835. The van der Waals surface area contributed by atoms with E-state index in [1.54, 1.807) is 6.07 Å². The summed E-state index contributed by atoms with van der Waals surface area (Å²) in [6.07, 6.45) is 0. The first-order chi connectivity index (χ1) is 17.1. The molecule has 0 aliphatic carbocycles. The van der Waals surface area contributed by atoms with E-state index in [9.17, 15) is 10.2 Å². The summed E-state index contributed by atoms with van der Waals surface area (Å²) in [7, 11) is 0. The van der Waals surface area contributed by atoms with Gasteiger partial charge in [0.15, 0.2) is 11.5 Å². The molecular weight excluding hydrogens is 428 g/mol. The average molecular weight is 457 g/mol. The summed E-state index contributed by atoms with van der Waals surface area (Å²) in [6.45, 7) is 2.00. The highest BCUT2D eigenvalue weighted by molar-refractivity contribution is 5.65. The molecule has 0 fully saturated rings. The van der Waals surface area contributed by atoms with Crippen LogP contribution in [-0.2, 0) is 5.41 Å². The third kappa shape index (κ3) is 3.87. The molecule has 0 unspecified atom stereocenters. The molecule has 2 N–H and O–H groups in total. The van der Waals surface area contributed by atoms with Crippen molar-refractivity contribution in [1.29, 1.82) is 0 Å². The van der Waals surface area contributed by atoms with Crippen LogP contribution in [0.2, 0.25) is 0 Å². The molecule has 0 aromatic heterocycles. The largest absolute Gasteiger partial charge is 0.504 e. The fraction of sp³-hybridized carbons (Fsp3) is 0.0909. The molecule has 0 saturated carbocycles. The molecule has 5 aromatic carbocycles. The molecule has 0 saturated heterocycles. The molecule has 35 heavy (non-hydrogen) atoms. The summed E-state index contributed by atoms with van der Waals surface area (Å²) >= 11 is 0. The highest BCUT2D eigenvalue weighted by atomic mass is 16.3. The molecule has 0 bridgehead atoms. The lowest BCUT2D eigenvalue weighted by molar-refractivity contribution is 0.386. The van der Waals surface area contributed by atoms with E-state index in [1.165, 1.54) is 0 Å². The van der Waals surface area contributed by atoms with Crippen molar-refractivity contribution < 1.29 is 10.2 Å². The van der Waals surface area contributed by atoms with E-state index >= 15 is 0 Å². The molecule has 0 radical (unpaired) electrons. The van der Waals surface area contributed by atoms with Gasteiger partial charge < -0.3 is 10.2 Å². The van der Waals surface area contributed by atoms with Crippen LogP contribution in [0.25, 0.3) is 0 Å². The Kier molecular flexibility index (Phi) is 6.12. The minimum absolute atomic E-state index is 0.0884. The number of rotatable bonds is 6. The number of hydrogen-bond acceptors (Lipinski definition) is 2. The predicted octanol–water partition coefficient (Wildman–Crippen LogP) is 7.57. The number of phenols is 2. The third-order valence-corrected chi connectivity index (χ3v) is 6.92. The van der Waals surface area contributed by atoms with Crippen LogP contribution in [-0.4, -0.2) is 10.2 Å². The maximum atomic E-state index is 11.5. The van der Waals surface area contributed by atoms with Gasteiger partial charge in [-0.2, -0.15) is 0 Å². The Labute approximate surface area is 206 Å². The van der Waals surface area contributed by atoms with Crippen molar-refractivity contribution in [2.45, 2.75) is 18.3 Å². The molecule has 0 aliphatic rings. The van der Waals surface area contributed by atoms with E-state index in [2.05, 4.69) is 72.8 Å². The van der Waals surface area contributed by atoms with Gasteiger partial charge in [-0.25, -0.2) is 0 Å². The second kappa shape index (κ2) is 9.52. The van der Waals surface area contributed by atoms with Crippen LogP contribution in [0.4, 0.5) is 0 Å². The lowest BCUT2D eigenvalue weighted by Gasteiger charge is -2.44.